The van der Waals surface area contributed by atoms with Crippen molar-refractivity contribution in [2.45, 2.75) is 13.5 Å². The van der Waals surface area contributed by atoms with Crippen LogP contribution in [0.3, 0.4) is 0 Å². The second-order valence-electron chi connectivity index (χ2n) is 4.31. The normalized spacial score (nSPS) is 13.6. The van der Waals surface area contributed by atoms with Gasteiger partial charge in [-0.3, -0.25) is 14.5 Å². The molecule has 0 spiro atoms. The van der Waals surface area contributed by atoms with Crippen molar-refractivity contribution >= 4 is 5.91 Å². The second kappa shape index (κ2) is 3.63. The zero-order valence-electron chi connectivity index (χ0n) is 9.99. The van der Waals surface area contributed by atoms with Crippen molar-refractivity contribution in [3.8, 4) is 11.3 Å². The number of rotatable bonds is 1. The maximum atomic E-state index is 14.3. The second-order valence-corrected chi connectivity index (χ2v) is 4.31. The van der Waals surface area contributed by atoms with Gasteiger partial charge in [-0.1, -0.05) is 0 Å². The van der Waals surface area contributed by atoms with Gasteiger partial charge in [0.15, 0.2) is 5.82 Å². The summed E-state index contributed by atoms with van der Waals surface area (Å²) < 4.78 is 15.9. The Hall–Kier alpha value is -2.24. The number of hydrogen-bond acceptors (Lipinski definition) is 3. The van der Waals surface area contributed by atoms with Crippen molar-refractivity contribution in [3.63, 3.8) is 0 Å². The van der Waals surface area contributed by atoms with Gasteiger partial charge in [0.25, 0.3) is 5.91 Å². The van der Waals surface area contributed by atoms with E-state index in [2.05, 4.69) is 15.4 Å². The van der Waals surface area contributed by atoms with Gasteiger partial charge < -0.3 is 5.32 Å². The van der Waals surface area contributed by atoms with Crippen LogP contribution in [0.25, 0.3) is 11.3 Å². The molecule has 1 N–H and O–H groups in total. The van der Waals surface area contributed by atoms with Gasteiger partial charge in [-0.2, -0.15) is 5.10 Å². The molecule has 92 valence electrons. The molecule has 1 aliphatic heterocycles. The average Bonchev–Trinajstić information content (AvgIpc) is 2.84. The topological polar surface area (TPSA) is 59.8 Å². The highest BCUT2D eigenvalue weighted by atomic mass is 19.1. The molecule has 5 nitrogen and oxygen atoms in total. The Morgan fingerprint density at radius 3 is 2.94 bits per heavy atom. The van der Waals surface area contributed by atoms with Gasteiger partial charge in [-0.25, -0.2) is 4.39 Å². The number of aryl methyl sites for hydroxylation is 2. The highest BCUT2D eigenvalue weighted by molar-refractivity contribution is 5.99. The van der Waals surface area contributed by atoms with Gasteiger partial charge in [-0.05, 0) is 6.92 Å². The maximum absolute atomic E-state index is 14.3. The predicted octanol–water partition coefficient (Wildman–Crippen LogP) is 1.17. The van der Waals surface area contributed by atoms with E-state index in [0.717, 1.165) is 0 Å². The summed E-state index contributed by atoms with van der Waals surface area (Å²) in [7, 11) is 1.76. The van der Waals surface area contributed by atoms with E-state index in [1.807, 2.05) is 0 Å². The Bertz CT molecular complexity index is 662. The molecule has 6 heteroatoms. The van der Waals surface area contributed by atoms with E-state index in [4.69, 9.17) is 0 Å². The zero-order valence-corrected chi connectivity index (χ0v) is 9.99. The minimum atomic E-state index is -0.571. The number of aromatic nitrogens is 3. The minimum absolute atomic E-state index is 0.100. The number of fused-ring (bicyclic) bond motifs is 1. The van der Waals surface area contributed by atoms with E-state index >= 15 is 0 Å². The number of amides is 1. The first kappa shape index (κ1) is 10.9. The van der Waals surface area contributed by atoms with E-state index < -0.39 is 5.82 Å². The molecule has 3 rings (SSSR count). The van der Waals surface area contributed by atoms with E-state index in [0.29, 0.717) is 23.4 Å². The van der Waals surface area contributed by atoms with Gasteiger partial charge in [0.05, 0.1) is 11.3 Å². The van der Waals surface area contributed by atoms with Crippen LogP contribution in [0.2, 0.25) is 0 Å². The minimum Gasteiger partial charge on any atom is -0.348 e. The van der Waals surface area contributed by atoms with Crippen LogP contribution in [0, 0.1) is 12.7 Å². The third-order valence-electron chi connectivity index (χ3n) is 3.03. The highest BCUT2D eigenvalue weighted by Gasteiger charge is 2.27. The molecular weight excluding hydrogens is 235 g/mol. The fraction of sp³-hybridized carbons (Fsp3) is 0.250. The molecule has 0 unspecified atom stereocenters. The first-order valence-corrected chi connectivity index (χ1v) is 5.54. The molecule has 0 radical (unpaired) electrons. The molecular formula is C12H11FN4O. The third-order valence-corrected chi connectivity index (χ3v) is 3.03. The summed E-state index contributed by atoms with van der Waals surface area (Å²) in [6.45, 7) is 2.12. The van der Waals surface area contributed by atoms with Crippen molar-refractivity contribution in [1.29, 1.82) is 0 Å². The molecule has 3 heterocycles. The van der Waals surface area contributed by atoms with Crippen LogP contribution in [-0.4, -0.2) is 20.7 Å². The Morgan fingerprint density at radius 2 is 2.28 bits per heavy atom. The first-order valence-electron chi connectivity index (χ1n) is 5.54. The Labute approximate surface area is 103 Å². The van der Waals surface area contributed by atoms with E-state index in [1.165, 1.54) is 6.20 Å². The lowest BCUT2D eigenvalue weighted by atomic mass is 10.1. The molecule has 1 aliphatic rings. The van der Waals surface area contributed by atoms with Gasteiger partial charge in [0, 0.05) is 37.1 Å². The number of carbonyl (C=O) groups is 1. The third kappa shape index (κ3) is 1.42. The van der Waals surface area contributed by atoms with Crippen molar-refractivity contribution in [1.82, 2.24) is 20.1 Å². The standard InChI is InChI=1S/C12H11FN4O/c1-6-8(5-17(2)16-6)11-10(13)9-7(3-14-11)4-15-12(9)18/h3,5H,4H2,1-2H3,(H,15,18). The fourth-order valence-electron chi connectivity index (χ4n) is 2.19. The van der Waals surface area contributed by atoms with Crippen molar-refractivity contribution in [2.75, 3.05) is 0 Å². The molecule has 0 aliphatic carbocycles. The number of hydrogen-bond donors (Lipinski definition) is 1. The van der Waals surface area contributed by atoms with E-state index in [9.17, 15) is 9.18 Å². The summed E-state index contributed by atoms with van der Waals surface area (Å²) in [5.41, 5.74) is 2.17. The number of nitrogens with one attached hydrogen (secondary N) is 1. The van der Waals surface area contributed by atoms with E-state index in [1.54, 1.807) is 24.9 Å². The van der Waals surface area contributed by atoms with Crippen LogP contribution >= 0.6 is 0 Å². The smallest absolute Gasteiger partial charge is 0.255 e. The summed E-state index contributed by atoms with van der Waals surface area (Å²) in [6, 6.07) is 0. The number of nitrogens with zero attached hydrogens (tertiary/aromatic N) is 3. The molecule has 0 bridgehead atoms. The van der Waals surface area contributed by atoms with E-state index in [-0.39, 0.29) is 17.2 Å². The van der Waals surface area contributed by atoms with Crippen LogP contribution in [0.15, 0.2) is 12.4 Å². The molecule has 0 fully saturated rings. The summed E-state index contributed by atoms with van der Waals surface area (Å²) >= 11 is 0. The Kier molecular flexibility index (Phi) is 2.19. The monoisotopic (exact) mass is 246 g/mol. The average molecular weight is 246 g/mol. The summed E-state index contributed by atoms with van der Waals surface area (Å²) in [5.74, 6) is -0.953. The molecule has 18 heavy (non-hydrogen) atoms. The quantitative estimate of drug-likeness (QED) is 0.821. The molecule has 1 amide bonds. The summed E-state index contributed by atoms with van der Waals surface area (Å²) in [4.78, 5) is 15.7. The molecule has 2 aromatic heterocycles. The molecule has 0 saturated carbocycles. The molecule has 2 aromatic rings. The van der Waals surface area contributed by atoms with Crippen LogP contribution < -0.4 is 5.32 Å². The maximum Gasteiger partial charge on any atom is 0.255 e. The molecule has 0 aromatic carbocycles. The van der Waals surface area contributed by atoms with Crippen molar-refractivity contribution in [3.05, 3.63) is 35.0 Å². The van der Waals surface area contributed by atoms with Gasteiger partial charge in [0.2, 0.25) is 0 Å². The lowest BCUT2D eigenvalue weighted by molar-refractivity contribution is 0.0962. The highest BCUT2D eigenvalue weighted by Crippen LogP contribution is 2.28. The first-order chi connectivity index (χ1) is 8.58. The lowest BCUT2D eigenvalue weighted by Crippen LogP contribution is -2.13. The van der Waals surface area contributed by atoms with Crippen molar-refractivity contribution in [2.24, 2.45) is 7.05 Å². The number of halogens is 1. The summed E-state index contributed by atoms with van der Waals surface area (Å²) in [6.07, 6.45) is 3.23. The molecule has 0 saturated heterocycles. The Morgan fingerprint density at radius 1 is 1.50 bits per heavy atom. The largest absolute Gasteiger partial charge is 0.348 e. The fourth-order valence-corrected chi connectivity index (χ4v) is 2.19. The van der Waals surface area contributed by atoms with Crippen LogP contribution in [0.5, 0.6) is 0 Å². The van der Waals surface area contributed by atoms with Crippen LogP contribution in [-0.2, 0) is 13.6 Å². The number of pyridine rings is 1. The predicted molar refractivity (Wildman–Crippen MR) is 62.3 cm³/mol. The van der Waals surface area contributed by atoms with Gasteiger partial charge in [-0.15, -0.1) is 0 Å². The SMILES string of the molecule is Cc1nn(C)cc1-c1ncc2c(c1F)C(=O)NC2. The molecule has 0 atom stereocenters. The van der Waals surface area contributed by atoms with Gasteiger partial charge in [0.1, 0.15) is 5.69 Å². The van der Waals surface area contributed by atoms with Gasteiger partial charge >= 0.3 is 0 Å². The van der Waals surface area contributed by atoms with Crippen molar-refractivity contribution < 1.29 is 9.18 Å². The zero-order chi connectivity index (χ0) is 12.9. The lowest BCUT2D eigenvalue weighted by Gasteiger charge is -2.04. The van der Waals surface area contributed by atoms with Crippen LogP contribution in [0.4, 0.5) is 4.39 Å². The number of carbonyl (C=O) groups excluding carboxylic acids is 1. The van der Waals surface area contributed by atoms with Crippen LogP contribution in [0.1, 0.15) is 21.6 Å². The summed E-state index contributed by atoms with van der Waals surface area (Å²) in [5, 5.41) is 6.74. The Balaban J connectivity index is 2.23.